The van der Waals surface area contributed by atoms with Crippen LogP contribution in [0, 0.1) is 0 Å². The zero-order valence-corrected chi connectivity index (χ0v) is 29.6. The molecule has 55 heavy (non-hydrogen) atoms. The minimum Gasteiger partial charge on any atom is -0.455 e. The van der Waals surface area contributed by atoms with Crippen LogP contribution in [0.4, 0.5) is 0 Å². The first-order valence-corrected chi connectivity index (χ1v) is 18.5. The molecular formula is C51H31N3O. The lowest BCUT2D eigenvalue weighted by Crippen LogP contribution is -2.00. The number of aromatic nitrogens is 3. The number of hydrogen-bond acceptors (Lipinski definition) is 4. The second-order valence-corrected chi connectivity index (χ2v) is 14.0. The molecule has 0 N–H and O–H groups in total. The molecule has 0 aliphatic carbocycles. The highest BCUT2D eigenvalue weighted by molar-refractivity contribution is 6.19. The molecule has 2 aromatic heterocycles. The van der Waals surface area contributed by atoms with Crippen LogP contribution in [0.25, 0.3) is 111 Å². The Labute approximate surface area is 317 Å². The van der Waals surface area contributed by atoms with Gasteiger partial charge in [-0.2, -0.15) is 0 Å². The minimum absolute atomic E-state index is 0.629. The molecule has 256 valence electrons. The van der Waals surface area contributed by atoms with Gasteiger partial charge in [0.05, 0.1) is 0 Å². The molecule has 11 rings (SSSR count). The van der Waals surface area contributed by atoms with Gasteiger partial charge in [-0.1, -0.05) is 158 Å². The zero-order valence-electron chi connectivity index (χ0n) is 29.6. The lowest BCUT2D eigenvalue weighted by atomic mass is 9.93. The first kappa shape index (κ1) is 31.1. The normalized spacial score (nSPS) is 11.6. The summed E-state index contributed by atoms with van der Waals surface area (Å²) in [6, 6.07) is 65.8. The fourth-order valence-corrected chi connectivity index (χ4v) is 7.88. The molecule has 2 heterocycles. The summed E-state index contributed by atoms with van der Waals surface area (Å²) in [6.45, 7) is 0. The molecule has 0 radical (unpaired) electrons. The van der Waals surface area contributed by atoms with Gasteiger partial charge in [-0.15, -0.1) is 0 Å². The summed E-state index contributed by atoms with van der Waals surface area (Å²) in [5.41, 5.74) is 9.01. The SMILES string of the molecule is c1ccc(-c2nc(-c3ccc(-c4ccc5c(c4)oc4c(-c6ccc7ccccc7c6)c6ccccc6cc45)cc3)nc(-c3ccc4ccccc4c3)n2)cc1. The van der Waals surface area contributed by atoms with E-state index in [4.69, 9.17) is 19.4 Å². The molecule has 0 saturated heterocycles. The van der Waals surface area contributed by atoms with E-state index in [9.17, 15) is 0 Å². The molecule has 0 saturated carbocycles. The summed E-state index contributed by atoms with van der Waals surface area (Å²) in [7, 11) is 0. The van der Waals surface area contributed by atoms with Crippen molar-refractivity contribution in [1.29, 1.82) is 0 Å². The van der Waals surface area contributed by atoms with E-state index >= 15 is 0 Å². The van der Waals surface area contributed by atoms with Crippen LogP contribution in [-0.2, 0) is 0 Å². The van der Waals surface area contributed by atoms with Gasteiger partial charge in [0.25, 0.3) is 0 Å². The Morgan fingerprint density at radius 2 is 0.800 bits per heavy atom. The van der Waals surface area contributed by atoms with Crippen molar-refractivity contribution < 1.29 is 4.42 Å². The van der Waals surface area contributed by atoms with E-state index in [2.05, 4.69) is 158 Å². The Kier molecular flexibility index (Phi) is 7.14. The van der Waals surface area contributed by atoms with Gasteiger partial charge < -0.3 is 4.42 Å². The number of hydrogen-bond donors (Lipinski definition) is 0. The number of rotatable bonds is 5. The lowest BCUT2D eigenvalue weighted by molar-refractivity contribution is 0.670. The number of furan rings is 1. The Balaban J connectivity index is 1.00. The molecule has 0 spiro atoms. The molecule has 4 nitrogen and oxygen atoms in total. The van der Waals surface area contributed by atoms with Crippen molar-refractivity contribution in [2.45, 2.75) is 0 Å². The maximum Gasteiger partial charge on any atom is 0.164 e. The molecule has 11 aromatic rings. The number of benzene rings is 9. The smallest absolute Gasteiger partial charge is 0.164 e. The van der Waals surface area contributed by atoms with Crippen molar-refractivity contribution in [2.24, 2.45) is 0 Å². The molecular weight excluding hydrogens is 671 g/mol. The molecule has 0 bridgehead atoms. The topological polar surface area (TPSA) is 51.8 Å². The molecule has 0 aliphatic rings. The molecule has 0 atom stereocenters. The molecule has 0 aliphatic heterocycles. The Hall–Kier alpha value is -7.43. The van der Waals surface area contributed by atoms with E-state index in [-0.39, 0.29) is 0 Å². The maximum absolute atomic E-state index is 6.82. The largest absolute Gasteiger partial charge is 0.455 e. The maximum atomic E-state index is 6.82. The highest BCUT2D eigenvalue weighted by Gasteiger charge is 2.18. The third-order valence-corrected chi connectivity index (χ3v) is 10.7. The third-order valence-electron chi connectivity index (χ3n) is 10.7. The predicted octanol–water partition coefficient (Wildman–Crippen LogP) is 13.6. The summed E-state index contributed by atoms with van der Waals surface area (Å²) in [6.07, 6.45) is 0. The van der Waals surface area contributed by atoms with Crippen LogP contribution in [0.15, 0.2) is 192 Å². The summed E-state index contributed by atoms with van der Waals surface area (Å²) in [5.74, 6) is 1.92. The van der Waals surface area contributed by atoms with E-state index in [0.29, 0.717) is 17.5 Å². The van der Waals surface area contributed by atoms with Crippen molar-refractivity contribution in [1.82, 2.24) is 15.0 Å². The van der Waals surface area contributed by atoms with Crippen LogP contribution in [0.1, 0.15) is 0 Å². The van der Waals surface area contributed by atoms with E-state index in [1.165, 1.54) is 26.9 Å². The fourth-order valence-electron chi connectivity index (χ4n) is 7.88. The predicted molar refractivity (Wildman–Crippen MR) is 227 cm³/mol. The first-order valence-electron chi connectivity index (χ1n) is 18.5. The van der Waals surface area contributed by atoms with Crippen LogP contribution < -0.4 is 0 Å². The summed E-state index contributed by atoms with van der Waals surface area (Å²) in [5, 5.41) is 9.34. The van der Waals surface area contributed by atoms with Crippen molar-refractivity contribution in [3.8, 4) is 56.4 Å². The summed E-state index contributed by atoms with van der Waals surface area (Å²) in [4.78, 5) is 14.9. The first-order chi connectivity index (χ1) is 27.2. The number of nitrogens with zero attached hydrogens (tertiary/aromatic N) is 3. The molecule has 0 fully saturated rings. The van der Waals surface area contributed by atoms with Crippen LogP contribution in [0.3, 0.4) is 0 Å². The Morgan fingerprint density at radius 1 is 0.291 bits per heavy atom. The van der Waals surface area contributed by atoms with Gasteiger partial charge in [-0.3, -0.25) is 0 Å². The Morgan fingerprint density at radius 3 is 1.51 bits per heavy atom. The van der Waals surface area contributed by atoms with Crippen molar-refractivity contribution in [3.05, 3.63) is 188 Å². The third kappa shape index (κ3) is 5.43. The van der Waals surface area contributed by atoms with E-state index in [0.717, 1.165) is 66.3 Å². The fraction of sp³-hybridized carbons (Fsp3) is 0. The van der Waals surface area contributed by atoms with Crippen LogP contribution >= 0.6 is 0 Å². The second-order valence-electron chi connectivity index (χ2n) is 14.0. The molecule has 4 heteroatoms. The van der Waals surface area contributed by atoms with Gasteiger partial charge >= 0.3 is 0 Å². The Bertz CT molecular complexity index is 3260. The van der Waals surface area contributed by atoms with Crippen LogP contribution in [-0.4, -0.2) is 15.0 Å². The zero-order chi connectivity index (χ0) is 36.3. The van der Waals surface area contributed by atoms with Gasteiger partial charge in [-0.05, 0) is 79.3 Å². The standard InChI is InChI=1S/C51H31N3O/c1-2-12-35(13-3-1)49-52-50(54-51(53-49)42-25-21-33-11-5-7-15-38(33)29-42)36-22-18-34(19-23-36)39-26-27-44-45-30-40-16-8-9-17-43(40)47(48(45)55-46(44)31-39)41-24-20-32-10-4-6-14-37(32)28-41/h1-31H. The van der Waals surface area contributed by atoms with Crippen LogP contribution in [0.5, 0.6) is 0 Å². The summed E-state index contributed by atoms with van der Waals surface area (Å²) < 4.78 is 6.82. The highest BCUT2D eigenvalue weighted by atomic mass is 16.3. The van der Waals surface area contributed by atoms with Gasteiger partial charge in [0.1, 0.15) is 11.2 Å². The second kappa shape index (κ2) is 12.6. The molecule has 0 unspecified atom stereocenters. The molecule has 9 aromatic carbocycles. The molecule has 0 amide bonds. The van der Waals surface area contributed by atoms with Gasteiger partial charge in [0.15, 0.2) is 17.5 Å². The highest BCUT2D eigenvalue weighted by Crippen LogP contribution is 2.42. The van der Waals surface area contributed by atoms with Crippen molar-refractivity contribution >= 4 is 54.3 Å². The van der Waals surface area contributed by atoms with Gasteiger partial charge in [-0.25, -0.2) is 15.0 Å². The van der Waals surface area contributed by atoms with E-state index in [1.807, 2.05) is 30.3 Å². The van der Waals surface area contributed by atoms with Crippen molar-refractivity contribution in [2.75, 3.05) is 0 Å². The van der Waals surface area contributed by atoms with Gasteiger partial charge in [0, 0.05) is 33.0 Å². The average molecular weight is 702 g/mol. The monoisotopic (exact) mass is 701 g/mol. The van der Waals surface area contributed by atoms with Crippen LogP contribution in [0.2, 0.25) is 0 Å². The summed E-state index contributed by atoms with van der Waals surface area (Å²) >= 11 is 0. The number of fused-ring (bicyclic) bond motifs is 6. The van der Waals surface area contributed by atoms with E-state index in [1.54, 1.807) is 0 Å². The van der Waals surface area contributed by atoms with E-state index < -0.39 is 0 Å². The average Bonchev–Trinajstić information content (AvgIpc) is 3.62. The lowest BCUT2D eigenvalue weighted by Gasteiger charge is -2.10. The minimum atomic E-state index is 0.629. The van der Waals surface area contributed by atoms with Crippen molar-refractivity contribution in [3.63, 3.8) is 0 Å². The van der Waals surface area contributed by atoms with Gasteiger partial charge in [0.2, 0.25) is 0 Å². The quantitative estimate of drug-likeness (QED) is 0.179.